The smallest absolute Gasteiger partial charge is 0.409 e. The molecule has 2 aliphatic rings. The van der Waals surface area contributed by atoms with Crippen molar-refractivity contribution in [2.75, 3.05) is 32.1 Å². The van der Waals surface area contributed by atoms with Gasteiger partial charge in [0.05, 0.1) is 48.7 Å². The highest BCUT2D eigenvalue weighted by Crippen LogP contribution is 2.50. The van der Waals surface area contributed by atoms with Gasteiger partial charge in [0.2, 0.25) is 0 Å². The first-order chi connectivity index (χ1) is 19.1. The van der Waals surface area contributed by atoms with Gasteiger partial charge in [-0.2, -0.15) is 0 Å². The highest BCUT2D eigenvalue weighted by molar-refractivity contribution is 5.79. The summed E-state index contributed by atoms with van der Waals surface area (Å²) in [5.41, 5.74) is 0.416. The minimum absolute atomic E-state index is 0.0521. The van der Waals surface area contributed by atoms with Crippen molar-refractivity contribution in [3.63, 3.8) is 0 Å². The number of carboxylic acid groups (broad SMARTS) is 1. The summed E-state index contributed by atoms with van der Waals surface area (Å²) in [6.45, 7) is 2.76. The minimum Gasteiger partial charge on any atom is -0.481 e. The first-order valence-corrected chi connectivity index (χ1v) is 12.8. The second-order valence-electron chi connectivity index (χ2n) is 10.2. The molecular weight excluding hydrogens is 526 g/mol. The molecule has 40 heavy (non-hydrogen) atoms. The molecule has 1 saturated heterocycles. The fourth-order valence-corrected chi connectivity index (χ4v) is 5.05. The molecule has 0 unspecified atom stereocenters. The second kappa shape index (κ2) is 10.7. The first-order valence-electron chi connectivity index (χ1n) is 12.8. The number of carbonyl (C=O) groups is 2. The number of carboxylic acids is 1. The molecule has 210 valence electrons. The van der Waals surface area contributed by atoms with Crippen LogP contribution in [0.5, 0.6) is 0 Å². The van der Waals surface area contributed by atoms with Crippen molar-refractivity contribution in [2.24, 2.45) is 5.41 Å². The van der Waals surface area contributed by atoms with Crippen LogP contribution in [0.4, 0.5) is 19.3 Å². The van der Waals surface area contributed by atoms with Gasteiger partial charge in [-0.1, -0.05) is 0 Å². The van der Waals surface area contributed by atoms with E-state index in [4.69, 9.17) is 9.47 Å². The third-order valence-corrected chi connectivity index (χ3v) is 7.39. The monoisotopic (exact) mass is 554 g/mol. The first kappa shape index (κ1) is 27.3. The Morgan fingerprint density at radius 1 is 1.27 bits per heavy atom. The van der Waals surface area contributed by atoms with E-state index in [9.17, 15) is 19.5 Å². The number of halogens is 2. The van der Waals surface area contributed by atoms with Crippen LogP contribution in [-0.2, 0) is 25.5 Å². The molecule has 10 nitrogen and oxygen atoms in total. The third kappa shape index (κ3) is 5.28. The molecule has 1 amide bonds. The van der Waals surface area contributed by atoms with Gasteiger partial charge in [-0.25, -0.2) is 23.4 Å². The highest BCUT2D eigenvalue weighted by atomic mass is 19.1. The number of methoxy groups -OCH3 is 1. The largest absolute Gasteiger partial charge is 0.481 e. The molecule has 0 bridgehead atoms. The predicted octanol–water partition coefficient (Wildman–Crippen LogP) is 3.98. The molecule has 2 N–H and O–H groups in total. The fourth-order valence-electron chi connectivity index (χ4n) is 5.05. The molecule has 0 radical (unpaired) electrons. The van der Waals surface area contributed by atoms with Crippen LogP contribution in [0.15, 0.2) is 36.2 Å². The summed E-state index contributed by atoms with van der Waals surface area (Å²) >= 11 is 0. The second-order valence-corrected chi connectivity index (χ2v) is 10.2. The quantitative estimate of drug-likeness (QED) is 0.401. The van der Waals surface area contributed by atoms with Crippen molar-refractivity contribution in [1.82, 2.24) is 14.3 Å². The maximum Gasteiger partial charge on any atom is 0.409 e. The van der Waals surface area contributed by atoms with Crippen LogP contribution in [0.2, 0.25) is 0 Å². The number of nitrogens with one attached hydrogen (secondary N) is 1. The molecule has 1 saturated carbocycles. The van der Waals surface area contributed by atoms with E-state index in [2.05, 4.69) is 10.3 Å². The summed E-state index contributed by atoms with van der Waals surface area (Å²) in [4.78, 5) is 41.1. The van der Waals surface area contributed by atoms with Gasteiger partial charge in [0.15, 0.2) is 0 Å². The lowest BCUT2D eigenvalue weighted by atomic mass is 10.0. The van der Waals surface area contributed by atoms with E-state index in [0.29, 0.717) is 30.7 Å². The van der Waals surface area contributed by atoms with E-state index in [0.717, 1.165) is 17.7 Å². The van der Waals surface area contributed by atoms with Crippen LogP contribution in [0.3, 0.4) is 0 Å². The molecular formula is C28H28F2N4O6. The molecule has 5 rings (SSSR count). The number of ether oxygens (including phenoxy) is 2. The Balaban J connectivity index is 1.48. The number of benzene rings is 1. The van der Waals surface area contributed by atoms with E-state index in [-0.39, 0.29) is 48.6 Å². The Kier molecular flexibility index (Phi) is 7.31. The van der Waals surface area contributed by atoms with Crippen molar-refractivity contribution in [1.29, 1.82) is 0 Å². The lowest BCUT2D eigenvalue weighted by molar-refractivity contribution is -0.143. The van der Waals surface area contributed by atoms with Gasteiger partial charge in [0.25, 0.3) is 0 Å². The zero-order valence-electron chi connectivity index (χ0n) is 22.0. The molecule has 1 aliphatic carbocycles. The number of rotatable bonds is 8. The van der Waals surface area contributed by atoms with Crippen LogP contribution in [0.1, 0.15) is 30.5 Å². The number of fused-ring (bicyclic) bond motifs is 1. The van der Waals surface area contributed by atoms with Crippen LogP contribution < -0.4 is 5.32 Å². The van der Waals surface area contributed by atoms with Crippen LogP contribution in [-0.4, -0.2) is 70.3 Å². The van der Waals surface area contributed by atoms with E-state index >= 15 is 8.78 Å². The maximum atomic E-state index is 15.6. The Labute approximate surface area is 228 Å². The number of carbonyl (C=O) groups excluding carboxylic acids is 2. The van der Waals surface area contributed by atoms with Crippen molar-refractivity contribution in [2.45, 2.75) is 38.7 Å². The molecule has 2 fully saturated rings. The van der Waals surface area contributed by atoms with Gasteiger partial charge in [0.1, 0.15) is 28.9 Å². The lowest BCUT2D eigenvalue weighted by Crippen LogP contribution is -2.46. The summed E-state index contributed by atoms with van der Waals surface area (Å²) in [7, 11) is 1.30. The lowest BCUT2D eigenvalue weighted by Gasteiger charge is -2.32. The molecule has 12 heteroatoms. The standard InChI is InChI=1S/C28H28F2N4O6/c1-16-3-6-34-22(12-19-14-33(7-8-40-19)27(38)39-2)25(32-23(34)9-16)24-20(29)10-17(11-21(24)30)31-18(15-35)13-28(4-5-28)26(36)37/h3,6,9-11,19,31H,4-5,7-8,12-14H2,1-2H3,(H,36,37)/t19-/m0/s1. The number of aliphatic carboxylic acids is 1. The maximum absolute atomic E-state index is 15.6. The number of anilines is 1. The van der Waals surface area contributed by atoms with Gasteiger partial charge in [-0.3, -0.25) is 4.79 Å². The normalized spacial score (nSPS) is 17.8. The topological polar surface area (TPSA) is 122 Å². The number of nitrogens with zero attached hydrogens (tertiary/aromatic N) is 3. The molecule has 3 aromatic rings. The number of aromatic nitrogens is 2. The van der Waals surface area contributed by atoms with Crippen molar-refractivity contribution >= 4 is 29.3 Å². The molecule has 1 aromatic carbocycles. The number of amides is 1. The van der Waals surface area contributed by atoms with Crippen LogP contribution in [0.25, 0.3) is 16.9 Å². The summed E-state index contributed by atoms with van der Waals surface area (Å²) in [5.74, 6) is -1.21. The Bertz CT molecular complexity index is 1520. The van der Waals surface area contributed by atoms with Gasteiger partial charge in [-0.05, 0) is 49.6 Å². The highest BCUT2D eigenvalue weighted by Gasteiger charge is 2.50. The zero-order chi connectivity index (χ0) is 28.6. The average molecular weight is 555 g/mol. The van der Waals surface area contributed by atoms with Gasteiger partial charge in [-0.15, -0.1) is 0 Å². The molecule has 3 heterocycles. The van der Waals surface area contributed by atoms with Crippen molar-refractivity contribution < 1.29 is 37.7 Å². The summed E-state index contributed by atoms with van der Waals surface area (Å²) in [6.07, 6.45) is 1.73. The van der Waals surface area contributed by atoms with E-state index in [1.807, 2.05) is 13.0 Å². The number of morpholine rings is 1. The Hall–Kier alpha value is -4.28. The Morgan fingerprint density at radius 3 is 2.62 bits per heavy atom. The van der Waals surface area contributed by atoms with Crippen LogP contribution in [0, 0.1) is 24.0 Å². The number of pyridine rings is 1. The van der Waals surface area contributed by atoms with Crippen LogP contribution >= 0.6 is 0 Å². The zero-order valence-corrected chi connectivity index (χ0v) is 22.0. The molecule has 0 spiro atoms. The Morgan fingerprint density at radius 2 is 2.00 bits per heavy atom. The minimum atomic E-state index is -1.05. The average Bonchev–Trinajstić information content (AvgIpc) is 3.64. The summed E-state index contributed by atoms with van der Waals surface area (Å²) in [5, 5.41) is 12.0. The number of hydrogen-bond donors (Lipinski definition) is 2. The summed E-state index contributed by atoms with van der Waals surface area (Å²) < 4.78 is 43.6. The van der Waals surface area contributed by atoms with Gasteiger partial charge >= 0.3 is 12.1 Å². The van der Waals surface area contributed by atoms with E-state index < -0.39 is 35.2 Å². The number of aryl methyl sites for hydroxylation is 1. The molecule has 1 aliphatic heterocycles. The third-order valence-electron chi connectivity index (χ3n) is 7.39. The predicted molar refractivity (Wildman–Crippen MR) is 139 cm³/mol. The molecule has 2 aromatic heterocycles. The van der Waals surface area contributed by atoms with E-state index in [1.165, 1.54) is 12.0 Å². The number of allylic oxidation sites excluding steroid dienone is 1. The number of imidazole rings is 1. The summed E-state index contributed by atoms with van der Waals surface area (Å²) in [6, 6.07) is 5.70. The molecule has 1 atom stereocenters. The van der Waals surface area contributed by atoms with Gasteiger partial charge in [0, 0.05) is 31.3 Å². The SMILES string of the molecule is COC(=O)N1CCO[C@@H](Cc2c(-c3c(F)cc(NC(=C=O)CC4(C(=O)O)CC4)cc3F)nc3cc(C)ccn23)C1. The van der Waals surface area contributed by atoms with Gasteiger partial charge < -0.3 is 29.2 Å². The van der Waals surface area contributed by atoms with Crippen molar-refractivity contribution in [3.05, 3.63) is 59.1 Å². The van der Waals surface area contributed by atoms with Crippen molar-refractivity contribution in [3.8, 4) is 11.3 Å². The fraction of sp³-hybridized carbons (Fsp3) is 0.393. The van der Waals surface area contributed by atoms with E-state index in [1.54, 1.807) is 22.6 Å². The number of hydrogen-bond acceptors (Lipinski definition) is 7.